The molecule has 23 heavy (non-hydrogen) atoms. The number of fused-ring (bicyclic) bond motifs is 1. The van der Waals surface area contributed by atoms with Gasteiger partial charge in [0, 0.05) is 22.9 Å². The minimum absolute atomic E-state index is 0.559. The number of hydrogen-bond acceptors (Lipinski definition) is 1. The van der Waals surface area contributed by atoms with Crippen molar-refractivity contribution in [3.05, 3.63) is 77.5 Å². The number of rotatable bonds is 4. The topological polar surface area (TPSA) is 13.1 Å². The first-order chi connectivity index (χ1) is 11.2. The normalized spacial score (nSPS) is 11.5. The highest BCUT2D eigenvalue weighted by Crippen LogP contribution is 2.16. The monoisotopic (exact) mass is 304 g/mol. The molecule has 1 aromatic heterocycles. The third kappa shape index (κ3) is 3.26. The van der Waals surface area contributed by atoms with Gasteiger partial charge in [-0.15, -0.1) is 0 Å². The summed E-state index contributed by atoms with van der Waals surface area (Å²) in [5, 5.41) is 1.16. The fraction of sp³-hybridized carbons (Fsp3) is 0.190. The lowest BCUT2D eigenvalue weighted by Gasteiger charge is -2.04. The van der Waals surface area contributed by atoms with Crippen molar-refractivity contribution in [1.82, 2.24) is 0 Å². The minimum atomic E-state index is 0.559. The first-order valence-electron chi connectivity index (χ1n) is 7.95. The quantitative estimate of drug-likeness (QED) is 0.648. The highest BCUT2D eigenvalue weighted by atomic mass is 16.6. The fourth-order valence-corrected chi connectivity index (χ4v) is 2.70. The Balaban J connectivity index is 1.94. The molecule has 1 heterocycles. The molecule has 0 N–H and O–H groups in total. The Morgan fingerprint density at radius 2 is 1.61 bits per heavy atom. The van der Waals surface area contributed by atoms with Crippen LogP contribution in [0.15, 0.2) is 60.7 Å². The Kier molecular flexibility index (Phi) is 4.42. The molecule has 2 aromatic carbocycles. The molecule has 0 saturated carbocycles. The summed E-state index contributed by atoms with van der Waals surface area (Å²) in [7, 11) is 1.70. The number of benzene rings is 2. The number of hydrogen-bond donors (Lipinski definition) is 0. The van der Waals surface area contributed by atoms with Gasteiger partial charge in [-0.1, -0.05) is 50.2 Å². The van der Waals surface area contributed by atoms with E-state index in [4.69, 9.17) is 4.84 Å². The Morgan fingerprint density at radius 3 is 2.30 bits per heavy atom. The van der Waals surface area contributed by atoms with Gasteiger partial charge in [-0.3, -0.25) is 4.84 Å². The smallest absolute Gasteiger partial charge is 0.265 e. The van der Waals surface area contributed by atoms with E-state index >= 15 is 0 Å². The van der Waals surface area contributed by atoms with Crippen molar-refractivity contribution in [2.75, 3.05) is 7.11 Å². The van der Waals surface area contributed by atoms with Gasteiger partial charge in [0.15, 0.2) is 0 Å². The van der Waals surface area contributed by atoms with E-state index in [2.05, 4.69) is 74.5 Å². The zero-order valence-electron chi connectivity index (χ0n) is 13.9. The van der Waals surface area contributed by atoms with Crippen molar-refractivity contribution >= 4 is 23.1 Å². The van der Waals surface area contributed by atoms with Gasteiger partial charge < -0.3 is 0 Å². The summed E-state index contributed by atoms with van der Waals surface area (Å²) in [4.78, 5) is 5.56. The van der Waals surface area contributed by atoms with Crippen LogP contribution in [-0.2, 0) is 0 Å². The van der Waals surface area contributed by atoms with Crippen molar-refractivity contribution < 1.29 is 9.57 Å². The fourth-order valence-electron chi connectivity index (χ4n) is 2.70. The number of pyridine rings is 1. The molecule has 2 nitrogen and oxygen atoms in total. The van der Waals surface area contributed by atoms with E-state index in [1.807, 2.05) is 16.9 Å². The average Bonchev–Trinajstić information content (AvgIpc) is 2.59. The van der Waals surface area contributed by atoms with Gasteiger partial charge in [0.05, 0.1) is 5.39 Å². The van der Waals surface area contributed by atoms with Gasteiger partial charge in [-0.05, 0) is 35.3 Å². The molecule has 3 rings (SSSR count). The zero-order valence-corrected chi connectivity index (χ0v) is 13.9. The summed E-state index contributed by atoms with van der Waals surface area (Å²) in [6, 6.07) is 21.1. The summed E-state index contributed by atoms with van der Waals surface area (Å²) >= 11 is 0. The molecule has 116 valence electrons. The molecule has 0 bridgehead atoms. The number of nitrogens with zero attached hydrogens (tertiary/aromatic N) is 1. The summed E-state index contributed by atoms with van der Waals surface area (Å²) < 4.78 is 1.86. The Hall–Kier alpha value is -2.61. The van der Waals surface area contributed by atoms with E-state index in [1.54, 1.807) is 7.11 Å². The predicted molar refractivity (Wildman–Crippen MR) is 96.1 cm³/mol. The van der Waals surface area contributed by atoms with E-state index < -0.39 is 0 Å². The van der Waals surface area contributed by atoms with Crippen molar-refractivity contribution in [1.29, 1.82) is 0 Å². The minimum Gasteiger partial charge on any atom is -0.273 e. The lowest BCUT2D eigenvalue weighted by molar-refractivity contribution is -0.866. The van der Waals surface area contributed by atoms with Crippen LogP contribution in [0.1, 0.15) is 36.6 Å². The molecule has 0 unspecified atom stereocenters. The molecule has 0 aliphatic carbocycles. The van der Waals surface area contributed by atoms with Gasteiger partial charge in [0.25, 0.3) is 11.2 Å². The van der Waals surface area contributed by atoms with Crippen molar-refractivity contribution in [3.63, 3.8) is 0 Å². The highest BCUT2D eigenvalue weighted by molar-refractivity contribution is 5.77. The lowest BCUT2D eigenvalue weighted by Crippen LogP contribution is -2.44. The van der Waals surface area contributed by atoms with Crippen molar-refractivity contribution in [2.24, 2.45) is 0 Å². The summed E-state index contributed by atoms with van der Waals surface area (Å²) in [5.41, 5.74) is 4.62. The van der Waals surface area contributed by atoms with Gasteiger partial charge in [-0.2, -0.15) is 0 Å². The Morgan fingerprint density at radius 1 is 0.870 bits per heavy atom. The largest absolute Gasteiger partial charge is 0.273 e. The first-order valence-corrected chi connectivity index (χ1v) is 7.95. The van der Waals surface area contributed by atoms with E-state index in [0.29, 0.717) is 5.92 Å². The van der Waals surface area contributed by atoms with Crippen LogP contribution in [0.5, 0.6) is 0 Å². The van der Waals surface area contributed by atoms with Crippen LogP contribution in [0.2, 0.25) is 0 Å². The Labute approximate surface area is 137 Å². The van der Waals surface area contributed by atoms with Crippen LogP contribution >= 0.6 is 0 Å². The van der Waals surface area contributed by atoms with Crippen molar-refractivity contribution in [2.45, 2.75) is 19.8 Å². The molecule has 0 amide bonds. The zero-order chi connectivity index (χ0) is 16.2. The summed E-state index contributed by atoms with van der Waals surface area (Å²) in [5.74, 6) is 0.559. The standard InChI is InChI=1S/C21H22NO/c1-16(2)18-11-8-17(9-12-18)10-14-20-15-13-19-6-4-5-7-21(19)22(20)23-3/h4-16H,1-3H3/q+1/b14-10+. The molecule has 2 heteroatoms. The maximum Gasteiger partial charge on any atom is 0.265 e. The van der Waals surface area contributed by atoms with Crippen LogP contribution in [0.3, 0.4) is 0 Å². The second-order valence-corrected chi connectivity index (χ2v) is 5.95. The maximum absolute atomic E-state index is 5.56. The number of para-hydroxylation sites is 1. The third-order valence-corrected chi connectivity index (χ3v) is 4.06. The molecule has 0 atom stereocenters. The van der Waals surface area contributed by atoms with E-state index in [-0.39, 0.29) is 0 Å². The lowest BCUT2D eigenvalue weighted by atomic mass is 10.0. The van der Waals surface area contributed by atoms with Crippen LogP contribution < -0.4 is 9.57 Å². The van der Waals surface area contributed by atoms with Crippen LogP contribution in [0.4, 0.5) is 0 Å². The molecule has 0 fully saturated rings. The van der Waals surface area contributed by atoms with E-state index in [0.717, 1.165) is 16.6 Å². The van der Waals surface area contributed by atoms with E-state index in [1.165, 1.54) is 11.1 Å². The average molecular weight is 304 g/mol. The van der Waals surface area contributed by atoms with Gasteiger partial charge in [0.2, 0.25) is 0 Å². The van der Waals surface area contributed by atoms with Crippen molar-refractivity contribution in [3.8, 4) is 0 Å². The highest BCUT2D eigenvalue weighted by Gasteiger charge is 2.14. The maximum atomic E-state index is 5.56. The van der Waals surface area contributed by atoms with Gasteiger partial charge >= 0.3 is 0 Å². The molecular formula is C21H22NO+. The van der Waals surface area contributed by atoms with Gasteiger partial charge in [-0.25, -0.2) is 0 Å². The SMILES string of the molecule is CO[n+]1c(/C=C/c2ccc(C(C)C)cc2)ccc2ccccc21. The summed E-state index contributed by atoms with van der Waals surface area (Å²) in [6.07, 6.45) is 4.20. The van der Waals surface area contributed by atoms with Crippen LogP contribution in [0, 0.1) is 0 Å². The van der Waals surface area contributed by atoms with Crippen LogP contribution in [0.25, 0.3) is 23.1 Å². The van der Waals surface area contributed by atoms with E-state index in [9.17, 15) is 0 Å². The molecule has 0 aliphatic rings. The third-order valence-electron chi connectivity index (χ3n) is 4.06. The summed E-state index contributed by atoms with van der Waals surface area (Å²) in [6.45, 7) is 4.42. The molecule has 0 aliphatic heterocycles. The first kappa shape index (κ1) is 15.3. The Bertz CT molecular complexity index is 832. The predicted octanol–water partition coefficient (Wildman–Crippen LogP) is 4.48. The number of aromatic nitrogens is 1. The molecule has 0 spiro atoms. The van der Waals surface area contributed by atoms with Crippen LogP contribution in [-0.4, -0.2) is 7.11 Å². The van der Waals surface area contributed by atoms with Gasteiger partial charge in [0.1, 0.15) is 7.11 Å². The molecule has 0 saturated heterocycles. The second kappa shape index (κ2) is 6.66. The molecular weight excluding hydrogens is 282 g/mol. The molecule has 3 aromatic rings. The second-order valence-electron chi connectivity index (χ2n) is 5.95. The molecule has 0 radical (unpaired) electrons.